The van der Waals surface area contributed by atoms with Gasteiger partial charge in [0.25, 0.3) is 11.5 Å². The summed E-state index contributed by atoms with van der Waals surface area (Å²) in [6, 6.07) is 16.9. The van der Waals surface area contributed by atoms with Gasteiger partial charge in [0, 0.05) is 30.2 Å². The van der Waals surface area contributed by atoms with E-state index in [1.165, 1.54) is 0 Å². The highest BCUT2D eigenvalue weighted by Crippen LogP contribution is 2.21. The maximum absolute atomic E-state index is 13.1. The van der Waals surface area contributed by atoms with E-state index in [1.807, 2.05) is 48.9 Å². The molecule has 2 aromatic carbocycles. The van der Waals surface area contributed by atoms with E-state index in [2.05, 4.69) is 15.3 Å². The molecular formula is C22H21N5O2. The third-order valence-electron chi connectivity index (χ3n) is 5.08. The third-order valence-corrected chi connectivity index (χ3v) is 5.08. The normalized spacial score (nSPS) is 11.0. The van der Waals surface area contributed by atoms with Crippen molar-refractivity contribution >= 4 is 16.7 Å². The number of rotatable bonds is 4. The predicted octanol–water partition coefficient (Wildman–Crippen LogP) is 3.00. The summed E-state index contributed by atoms with van der Waals surface area (Å²) in [6.07, 6.45) is 0. The highest BCUT2D eigenvalue weighted by Gasteiger charge is 2.21. The van der Waals surface area contributed by atoms with Crippen molar-refractivity contribution in [1.29, 1.82) is 0 Å². The smallest absolute Gasteiger partial charge is 0.274 e. The molecule has 0 aliphatic heterocycles. The largest absolute Gasteiger partial charge is 0.336 e. The van der Waals surface area contributed by atoms with Gasteiger partial charge in [-0.05, 0) is 32.0 Å². The first kappa shape index (κ1) is 18.6. The van der Waals surface area contributed by atoms with E-state index < -0.39 is 0 Å². The molecule has 1 N–H and O–H groups in total. The van der Waals surface area contributed by atoms with Crippen LogP contribution in [0.3, 0.4) is 0 Å². The molecule has 4 rings (SSSR count). The molecule has 0 fully saturated rings. The molecule has 0 radical (unpaired) electrons. The molecule has 2 heterocycles. The summed E-state index contributed by atoms with van der Waals surface area (Å²) in [5.74, 6) is -0.260. The minimum absolute atomic E-state index is 0.230. The van der Waals surface area contributed by atoms with Crippen molar-refractivity contribution in [2.24, 2.45) is 0 Å². The number of amides is 1. The predicted molar refractivity (Wildman–Crippen MR) is 111 cm³/mol. The molecule has 0 aliphatic carbocycles. The summed E-state index contributed by atoms with van der Waals surface area (Å²) in [6.45, 7) is 4.32. The summed E-state index contributed by atoms with van der Waals surface area (Å²) < 4.78 is 1.89. The van der Waals surface area contributed by atoms with Crippen LogP contribution in [0.25, 0.3) is 16.5 Å². The molecule has 29 heavy (non-hydrogen) atoms. The molecule has 0 spiro atoms. The number of aryl methyl sites for hydroxylation is 1. The molecule has 4 aromatic rings. The van der Waals surface area contributed by atoms with Crippen molar-refractivity contribution < 1.29 is 4.79 Å². The molecule has 0 bridgehead atoms. The molecule has 0 saturated carbocycles. The number of hydrogen-bond acceptors (Lipinski definition) is 4. The number of para-hydroxylation sites is 1. The SMILES string of the molecule is Cc1nn(-c2ccccc2)c(C)c1CN(C)C(=O)c1n[nH]c(=O)c2ccccc12. The Hall–Kier alpha value is -3.74. The fraction of sp³-hybridized carbons (Fsp3) is 0.182. The van der Waals surface area contributed by atoms with Gasteiger partial charge in [-0.1, -0.05) is 36.4 Å². The topological polar surface area (TPSA) is 83.9 Å². The standard InChI is InChI=1S/C22H21N5O2/c1-14-19(15(2)27(25-14)16-9-5-4-6-10-16)13-26(3)22(29)20-17-11-7-8-12-18(17)21(28)24-23-20/h4-12H,13H2,1-3H3,(H,24,28). The van der Waals surface area contributed by atoms with Gasteiger partial charge in [-0.15, -0.1) is 0 Å². The molecule has 1 amide bonds. The van der Waals surface area contributed by atoms with Crippen LogP contribution in [0.5, 0.6) is 0 Å². The van der Waals surface area contributed by atoms with Gasteiger partial charge in [0.2, 0.25) is 0 Å². The molecule has 2 aromatic heterocycles. The summed E-state index contributed by atoms with van der Waals surface area (Å²) in [5, 5.41) is 12.1. The van der Waals surface area contributed by atoms with Crippen molar-refractivity contribution in [3.05, 3.63) is 87.6 Å². The Balaban J connectivity index is 1.67. The van der Waals surface area contributed by atoms with Crippen LogP contribution >= 0.6 is 0 Å². The molecule has 7 heteroatoms. The average molecular weight is 387 g/mol. The van der Waals surface area contributed by atoms with Crippen LogP contribution in [0.4, 0.5) is 0 Å². The Morgan fingerprint density at radius 2 is 1.69 bits per heavy atom. The van der Waals surface area contributed by atoms with Gasteiger partial charge in [-0.25, -0.2) is 9.78 Å². The Morgan fingerprint density at radius 3 is 2.41 bits per heavy atom. The summed E-state index contributed by atoms with van der Waals surface area (Å²) in [5.41, 5.74) is 3.72. The zero-order chi connectivity index (χ0) is 20.5. The van der Waals surface area contributed by atoms with E-state index in [0.29, 0.717) is 17.3 Å². The van der Waals surface area contributed by atoms with Crippen LogP contribution in [0.2, 0.25) is 0 Å². The van der Waals surface area contributed by atoms with Crippen LogP contribution in [0.1, 0.15) is 27.4 Å². The molecule has 146 valence electrons. The number of nitrogens with zero attached hydrogens (tertiary/aromatic N) is 4. The first-order valence-electron chi connectivity index (χ1n) is 9.30. The van der Waals surface area contributed by atoms with Crippen LogP contribution in [0, 0.1) is 13.8 Å². The van der Waals surface area contributed by atoms with Gasteiger partial charge in [0.15, 0.2) is 5.69 Å². The van der Waals surface area contributed by atoms with Crippen molar-refractivity contribution in [3.63, 3.8) is 0 Å². The second-order valence-electron chi connectivity index (χ2n) is 7.00. The number of benzene rings is 2. The monoisotopic (exact) mass is 387 g/mol. The molecule has 0 atom stereocenters. The van der Waals surface area contributed by atoms with Gasteiger partial charge in [-0.3, -0.25) is 9.59 Å². The van der Waals surface area contributed by atoms with Crippen LogP contribution in [0.15, 0.2) is 59.4 Å². The molecule has 0 saturated heterocycles. The fourth-order valence-electron chi connectivity index (χ4n) is 3.49. The van der Waals surface area contributed by atoms with E-state index in [0.717, 1.165) is 22.6 Å². The Labute approximate surface area is 167 Å². The fourth-order valence-corrected chi connectivity index (χ4v) is 3.49. The second-order valence-corrected chi connectivity index (χ2v) is 7.00. The zero-order valence-electron chi connectivity index (χ0n) is 16.5. The van der Waals surface area contributed by atoms with Crippen molar-refractivity contribution in [2.45, 2.75) is 20.4 Å². The van der Waals surface area contributed by atoms with Crippen molar-refractivity contribution in [3.8, 4) is 5.69 Å². The minimum atomic E-state index is -0.310. The summed E-state index contributed by atoms with van der Waals surface area (Å²) >= 11 is 0. The average Bonchev–Trinajstić information content (AvgIpc) is 3.02. The van der Waals surface area contributed by atoms with E-state index in [9.17, 15) is 9.59 Å². The maximum Gasteiger partial charge on any atom is 0.274 e. The molecule has 7 nitrogen and oxygen atoms in total. The summed E-state index contributed by atoms with van der Waals surface area (Å²) in [7, 11) is 1.72. The number of carbonyl (C=O) groups excluding carboxylic acids is 1. The molecule has 0 aliphatic rings. The first-order chi connectivity index (χ1) is 14.0. The third kappa shape index (κ3) is 3.31. The minimum Gasteiger partial charge on any atom is -0.336 e. The lowest BCUT2D eigenvalue weighted by molar-refractivity contribution is 0.0780. The van der Waals surface area contributed by atoms with Gasteiger partial charge in [0.1, 0.15) is 0 Å². The quantitative estimate of drug-likeness (QED) is 0.583. The van der Waals surface area contributed by atoms with Gasteiger partial charge in [-0.2, -0.15) is 10.2 Å². The second kappa shape index (κ2) is 7.35. The van der Waals surface area contributed by atoms with Gasteiger partial charge < -0.3 is 4.90 Å². The lowest BCUT2D eigenvalue weighted by Crippen LogP contribution is -2.29. The van der Waals surface area contributed by atoms with Gasteiger partial charge in [0.05, 0.1) is 16.8 Å². The van der Waals surface area contributed by atoms with E-state index >= 15 is 0 Å². The van der Waals surface area contributed by atoms with E-state index in [1.54, 1.807) is 36.2 Å². The molecular weight excluding hydrogens is 366 g/mol. The maximum atomic E-state index is 13.1. The Kier molecular flexibility index (Phi) is 4.72. The van der Waals surface area contributed by atoms with Gasteiger partial charge >= 0.3 is 0 Å². The Morgan fingerprint density at radius 1 is 1.03 bits per heavy atom. The number of carbonyl (C=O) groups is 1. The number of nitrogens with one attached hydrogen (secondary N) is 1. The highest BCUT2D eigenvalue weighted by molar-refractivity contribution is 6.04. The number of H-pyrrole nitrogens is 1. The molecule has 0 unspecified atom stereocenters. The first-order valence-corrected chi connectivity index (χ1v) is 9.30. The number of fused-ring (bicyclic) bond motifs is 1. The summed E-state index contributed by atoms with van der Waals surface area (Å²) in [4.78, 5) is 26.7. The highest BCUT2D eigenvalue weighted by atomic mass is 16.2. The van der Waals surface area contributed by atoms with Crippen LogP contribution in [-0.2, 0) is 6.54 Å². The van der Waals surface area contributed by atoms with E-state index in [4.69, 9.17) is 0 Å². The number of hydrogen-bond donors (Lipinski definition) is 1. The van der Waals surface area contributed by atoms with E-state index in [-0.39, 0.29) is 17.2 Å². The van der Waals surface area contributed by atoms with Crippen molar-refractivity contribution in [1.82, 2.24) is 24.9 Å². The number of aromatic amines is 1. The van der Waals surface area contributed by atoms with Crippen LogP contribution < -0.4 is 5.56 Å². The zero-order valence-corrected chi connectivity index (χ0v) is 16.5. The van der Waals surface area contributed by atoms with Crippen molar-refractivity contribution in [2.75, 3.05) is 7.05 Å². The Bertz CT molecular complexity index is 1260. The van der Waals surface area contributed by atoms with Crippen LogP contribution in [-0.4, -0.2) is 37.8 Å². The lowest BCUT2D eigenvalue weighted by atomic mass is 10.1. The lowest BCUT2D eigenvalue weighted by Gasteiger charge is -2.18. The number of aromatic nitrogens is 4.